The maximum absolute atomic E-state index is 12.0. The van der Waals surface area contributed by atoms with Crippen molar-refractivity contribution in [2.45, 2.75) is 53.1 Å². The molecule has 0 aliphatic carbocycles. The molecule has 0 aliphatic heterocycles. The summed E-state index contributed by atoms with van der Waals surface area (Å²) in [5.41, 5.74) is -1.70. The van der Waals surface area contributed by atoms with Crippen molar-refractivity contribution < 1.29 is 14.6 Å². The second-order valence-corrected chi connectivity index (χ2v) is 5.37. The zero-order valence-electron chi connectivity index (χ0n) is 11.7. The molecule has 0 aromatic carbocycles. The SMILES string of the molecule is C=CC(O)(C(CCC)C(=O)OCC)C(C)(C)C. The number of esters is 1. The molecule has 17 heavy (non-hydrogen) atoms. The van der Waals surface area contributed by atoms with Gasteiger partial charge in [-0.05, 0) is 18.8 Å². The molecule has 0 amide bonds. The first-order chi connectivity index (χ1) is 7.74. The fourth-order valence-corrected chi connectivity index (χ4v) is 2.02. The molecule has 0 aromatic rings. The Morgan fingerprint density at radius 3 is 2.24 bits per heavy atom. The van der Waals surface area contributed by atoms with Crippen LogP contribution in [0.4, 0.5) is 0 Å². The molecule has 3 nitrogen and oxygen atoms in total. The van der Waals surface area contributed by atoms with Gasteiger partial charge in [-0.1, -0.05) is 40.2 Å². The molecular weight excluding hydrogens is 216 g/mol. The number of carbonyl (C=O) groups excluding carboxylic acids is 1. The van der Waals surface area contributed by atoms with Crippen molar-refractivity contribution in [1.82, 2.24) is 0 Å². The largest absolute Gasteiger partial charge is 0.466 e. The minimum absolute atomic E-state index is 0.330. The first-order valence-corrected chi connectivity index (χ1v) is 6.27. The van der Waals surface area contributed by atoms with Crippen molar-refractivity contribution in [3.8, 4) is 0 Å². The summed E-state index contributed by atoms with van der Waals surface area (Å²) < 4.78 is 5.05. The lowest BCUT2D eigenvalue weighted by atomic mass is 9.67. The van der Waals surface area contributed by atoms with Gasteiger partial charge in [0.1, 0.15) is 5.60 Å². The quantitative estimate of drug-likeness (QED) is 0.575. The maximum Gasteiger partial charge on any atom is 0.312 e. The highest BCUT2D eigenvalue weighted by atomic mass is 16.5. The van der Waals surface area contributed by atoms with Gasteiger partial charge in [-0.15, -0.1) is 6.58 Å². The molecule has 0 aromatic heterocycles. The standard InChI is InChI=1S/C14H26O3/c1-7-10-11(12(15)17-9-3)14(16,8-2)13(4,5)6/h8,11,16H,2,7,9-10H2,1,3-6H3. The van der Waals surface area contributed by atoms with Crippen LogP contribution in [-0.2, 0) is 9.53 Å². The number of aliphatic hydroxyl groups is 1. The topological polar surface area (TPSA) is 46.5 Å². The Morgan fingerprint density at radius 1 is 1.41 bits per heavy atom. The van der Waals surface area contributed by atoms with Crippen LogP contribution in [0.2, 0.25) is 0 Å². The highest BCUT2D eigenvalue weighted by molar-refractivity contribution is 5.74. The highest BCUT2D eigenvalue weighted by Gasteiger charge is 2.47. The molecule has 2 atom stereocenters. The minimum Gasteiger partial charge on any atom is -0.466 e. The molecular formula is C14H26O3. The summed E-state index contributed by atoms with van der Waals surface area (Å²) in [6, 6.07) is 0. The molecule has 100 valence electrons. The van der Waals surface area contributed by atoms with Crippen LogP contribution in [0.5, 0.6) is 0 Å². The fraction of sp³-hybridized carbons (Fsp3) is 0.786. The van der Waals surface area contributed by atoms with Crippen molar-refractivity contribution in [3.05, 3.63) is 12.7 Å². The first kappa shape index (κ1) is 16.2. The lowest BCUT2D eigenvalue weighted by Crippen LogP contribution is -2.51. The fourth-order valence-electron chi connectivity index (χ4n) is 2.02. The van der Waals surface area contributed by atoms with Gasteiger partial charge in [-0.3, -0.25) is 4.79 Å². The normalized spacial score (nSPS) is 17.1. The van der Waals surface area contributed by atoms with Crippen LogP contribution in [0, 0.1) is 11.3 Å². The van der Waals surface area contributed by atoms with Crippen LogP contribution in [-0.4, -0.2) is 23.3 Å². The molecule has 1 N–H and O–H groups in total. The van der Waals surface area contributed by atoms with Crippen LogP contribution in [0.25, 0.3) is 0 Å². The Bertz CT molecular complexity index is 265. The molecule has 0 spiro atoms. The summed E-state index contributed by atoms with van der Waals surface area (Å²) in [5.74, 6) is -0.892. The molecule has 0 rings (SSSR count). The monoisotopic (exact) mass is 242 g/mol. The lowest BCUT2D eigenvalue weighted by molar-refractivity contribution is -0.163. The van der Waals surface area contributed by atoms with Crippen molar-refractivity contribution >= 4 is 5.97 Å². The van der Waals surface area contributed by atoms with E-state index in [1.165, 1.54) is 6.08 Å². The van der Waals surface area contributed by atoms with Gasteiger partial charge in [0.05, 0.1) is 12.5 Å². The van der Waals surface area contributed by atoms with E-state index in [4.69, 9.17) is 4.74 Å². The van der Waals surface area contributed by atoms with Gasteiger partial charge in [0, 0.05) is 0 Å². The third-order valence-corrected chi connectivity index (χ3v) is 3.19. The second-order valence-electron chi connectivity index (χ2n) is 5.37. The molecule has 0 saturated carbocycles. The Balaban J connectivity index is 5.26. The van der Waals surface area contributed by atoms with Crippen LogP contribution >= 0.6 is 0 Å². The third-order valence-electron chi connectivity index (χ3n) is 3.19. The first-order valence-electron chi connectivity index (χ1n) is 6.27. The van der Waals surface area contributed by atoms with E-state index in [0.717, 1.165) is 6.42 Å². The molecule has 0 heterocycles. The van der Waals surface area contributed by atoms with Gasteiger partial charge in [0.2, 0.25) is 0 Å². The Labute approximate surface area is 105 Å². The predicted octanol–water partition coefficient (Wildman–Crippen LogP) is 2.93. The summed E-state index contributed by atoms with van der Waals surface area (Å²) >= 11 is 0. The number of hydrogen-bond donors (Lipinski definition) is 1. The molecule has 0 bridgehead atoms. The van der Waals surface area contributed by atoms with E-state index in [-0.39, 0.29) is 5.97 Å². The average molecular weight is 242 g/mol. The highest BCUT2D eigenvalue weighted by Crippen LogP contribution is 2.40. The molecule has 0 saturated heterocycles. The second kappa shape index (κ2) is 6.20. The van der Waals surface area contributed by atoms with Crippen molar-refractivity contribution in [3.63, 3.8) is 0 Å². The molecule has 0 radical (unpaired) electrons. The summed E-state index contributed by atoms with van der Waals surface area (Å²) in [6.07, 6.45) is 2.89. The Hall–Kier alpha value is -0.830. The number of ether oxygens (including phenoxy) is 1. The molecule has 3 heteroatoms. The van der Waals surface area contributed by atoms with Gasteiger partial charge in [-0.25, -0.2) is 0 Å². The third kappa shape index (κ3) is 3.56. The van der Waals surface area contributed by atoms with E-state index in [1.807, 2.05) is 27.7 Å². The summed E-state index contributed by atoms with van der Waals surface area (Å²) in [7, 11) is 0. The van der Waals surface area contributed by atoms with Crippen LogP contribution in [0.1, 0.15) is 47.5 Å². The number of hydrogen-bond acceptors (Lipinski definition) is 3. The zero-order chi connectivity index (χ0) is 13.7. The Kier molecular flexibility index (Phi) is 5.89. The average Bonchev–Trinajstić information content (AvgIpc) is 2.23. The van der Waals surface area contributed by atoms with Crippen LogP contribution < -0.4 is 0 Å². The van der Waals surface area contributed by atoms with Crippen LogP contribution in [0.3, 0.4) is 0 Å². The van der Waals surface area contributed by atoms with Gasteiger partial charge in [-0.2, -0.15) is 0 Å². The lowest BCUT2D eigenvalue weighted by Gasteiger charge is -2.42. The predicted molar refractivity (Wildman–Crippen MR) is 69.6 cm³/mol. The molecule has 0 fully saturated rings. The van der Waals surface area contributed by atoms with E-state index >= 15 is 0 Å². The maximum atomic E-state index is 12.0. The van der Waals surface area contributed by atoms with Gasteiger partial charge < -0.3 is 9.84 Å². The number of carbonyl (C=O) groups is 1. The summed E-state index contributed by atoms with van der Waals surface area (Å²) in [5, 5.41) is 10.7. The molecule has 2 unspecified atom stereocenters. The minimum atomic E-state index is -1.24. The van der Waals surface area contributed by atoms with Crippen molar-refractivity contribution in [1.29, 1.82) is 0 Å². The van der Waals surface area contributed by atoms with E-state index < -0.39 is 16.9 Å². The van der Waals surface area contributed by atoms with E-state index in [2.05, 4.69) is 6.58 Å². The van der Waals surface area contributed by atoms with Crippen molar-refractivity contribution in [2.24, 2.45) is 11.3 Å². The van der Waals surface area contributed by atoms with Crippen molar-refractivity contribution in [2.75, 3.05) is 6.61 Å². The van der Waals surface area contributed by atoms with E-state index in [9.17, 15) is 9.90 Å². The van der Waals surface area contributed by atoms with Gasteiger partial charge in [0.25, 0.3) is 0 Å². The van der Waals surface area contributed by atoms with Gasteiger partial charge >= 0.3 is 5.97 Å². The van der Waals surface area contributed by atoms with Gasteiger partial charge in [0.15, 0.2) is 0 Å². The zero-order valence-corrected chi connectivity index (χ0v) is 11.7. The number of rotatable bonds is 6. The Morgan fingerprint density at radius 2 is 1.94 bits per heavy atom. The van der Waals surface area contributed by atoms with E-state index in [1.54, 1.807) is 6.92 Å². The summed E-state index contributed by atoms with van der Waals surface area (Å²) in [4.78, 5) is 12.0. The van der Waals surface area contributed by atoms with E-state index in [0.29, 0.717) is 13.0 Å². The smallest absolute Gasteiger partial charge is 0.312 e. The summed E-state index contributed by atoms with van der Waals surface area (Å²) in [6.45, 7) is 13.5. The van der Waals surface area contributed by atoms with Crippen LogP contribution in [0.15, 0.2) is 12.7 Å². The molecule has 0 aliphatic rings.